The fraction of sp³-hybridized carbons (Fsp3) is 0.409. The minimum atomic E-state index is -0.498. The molecule has 8 heteroatoms. The third kappa shape index (κ3) is 3.22. The van der Waals surface area contributed by atoms with Crippen LogP contribution in [0.4, 0.5) is 0 Å². The van der Waals surface area contributed by atoms with Gasteiger partial charge in [0.25, 0.3) is 5.91 Å². The number of carbonyl (C=O) groups excluding carboxylic acids is 2. The second-order valence-electron chi connectivity index (χ2n) is 8.21. The fourth-order valence-electron chi connectivity index (χ4n) is 4.55. The molecule has 2 saturated heterocycles. The van der Waals surface area contributed by atoms with E-state index < -0.39 is 5.41 Å². The average molecular weight is 405 g/mol. The Morgan fingerprint density at radius 1 is 1.17 bits per heavy atom. The van der Waals surface area contributed by atoms with E-state index in [-0.39, 0.29) is 18.0 Å². The van der Waals surface area contributed by atoms with Gasteiger partial charge in [-0.1, -0.05) is 12.1 Å². The summed E-state index contributed by atoms with van der Waals surface area (Å²) >= 11 is 0. The molecule has 0 radical (unpaired) electrons. The summed E-state index contributed by atoms with van der Waals surface area (Å²) in [5.41, 5.74) is 1.95. The van der Waals surface area contributed by atoms with E-state index in [0.717, 1.165) is 11.0 Å². The molecule has 0 bridgehead atoms. The van der Waals surface area contributed by atoms with Gasteiger partial charge in [0, 0.05) is 31.9 Å². The summed E-state index contributed by atoms with van der Waals surface area (Å²) in [6.07, 6.45) is 6.65. The predicted molar refractivity (Wildman–Crippen MR) is 109 cm³/mol. The number of rotatable bonds is 3. The van der Waals surface area contributed by atoms with Crippen molar-refractivity contribution in [3.63, 3.8) is 0 Å². The van der Waals surface area contributed by atoms with Crippen molar-refractivity contribution in [1.29, 1.82) is 0 Å². The number of hydrogen-bond donors (Lipinski definition) is 0. The first kappa shape index (κ1) is 18.7. The highest BCUT2D eigenvalue weighted by Crippen LogP contribution is 2.43. The van der Waals surface area contributed by atoms with Gasteiger partial charge in [0.05, 0.1) is 34.9 Å². The molecule has 1 unspecified atom stereocenters. The van der Waals surface area contributed by atoms with Crippen LogP contribution in [0.25, 0.3) is 11.0 Å². The van der Waals surface area contributed by atoms with Crippen LogP contribution < -0.4 is 0 Å². The predicted octanol–water partition coefficient (Wildman–Crippen LogP) is 2.37. The summed E-state index contributed by atoms with van der Waals surface area (Å²) in [5.74, 6) is 0.412. The topological polar surface area (TPSA) is 90.2 Å². The van der Waals surface area contributed by atoms with Crippen molar-refractivity contribution in [3.8, 4) is 0 Å². The highest BCUT2D eigenvalue weighted by molar-refractivity contribution is 5.94. The third-order valence-electron chi connectivity index (χ3n) is 6.29. The summed E-state index contributed by atoms with van der Waals surface area (Å²) in [7, 11) is 0. The number of benzene rings is 1. The molecule has 0 N–H and O–H groups in total. The molecular weight excluding hydrogens is 382 g/mol. The highest BCUT2D eigenvalue weighted by Gasteiger charge is 2.50. The lowest BCUT2D eigenvalue weighted by atomic mass is 9.76. The SMILES string of the molecule is Cc1ncc(C(=O)N2CCC3(CC2)CC(Cn2cnc4ccccc42)OC3=O)cn1. The van der Waals surface area contributed by atoms with Gasteiger partial charge in [-0.3, -0.25) is 9.59 Å². The van der Waals surface area contributed by atoms with Gasteiger partial charge >= 0.3 is 5.97 Å². The van der Waals surface area contributed by atoms with Crippen LogP contribution in [0.3, 0.4) is 0 Å². The second-order valence-corrected chi connectivity index (χ2v) is 8.21. The summed E-state index contributed by atoms with van der Waals surface area (Å²) < 4.78 is 7.80. The Balaban J connectivity index is 1.25. The van der Waals surface area contributed by atoms with Gasteiger partial charge in [-0.2, -0.15) is 0 Å². The number of carbonyl (C=O) groups is 2. The molecule has 1 amide bonds. The molecule has 30 heavy (non-hydrogen) atoms. The van der Waals surface area contributed by atoms with Gasteiger partial charge in [-0.15, -0.1) is 0 Å². The number of amides is 1. The Kier molecular flexibility index (Phi) is 4.49. The Morgan fingerprint density at radius 2 is 1.90 bits per heavy atom. The van der Waals surface area contributed by atoms with Gasteiger partial charge < -0.3 is 14.2 Å². The average Bonchev–Trinajstić information content (AvgIpc) is 3.30. The highest BCUT2D eigenvalue weighted by atomic mass is 16.6. The quantitative estimate of drug-likeness (QED) is 0.622. The van der Waals surface area contributed by atoms with Crippen LogP contribution in [-0.4, -0.2) is 55.5 Å². The number of para-hydroxylation sites is 2. The van der Waals surface area contributed by atoms with Crippen molar-refractivity contribution in [1.82, 2.24) is 24.4 Å². The first-order valence-electron chi connectivity index (χ1n) is 10.2. The van der Waals surface area contributed by atoms with E-state index in [1.807, 2.05) is 28.8 Å². The molecule has 5 rings (SSSR count). The van der Waals surface area contributed by atoms with Crippen molar-refractivity contribution >= 4 is 22.9 Å². The van der Waals surface area contributed by atoms with Crippen LogP contribution in [-0.2, 0) is 16.1 Å². The van der Waals surface area contributed by atoms with E-state index >= 15 is 0 Å². The van der Waals surface area contributed by atoms with E-state index in [2.05, 4.69) is 15.0 Å². The minimum absolute atomic E-state index is 0.0855. The summed E-state index contributed by atoms with van der Waals surface area (Å²) in [4.78, 5) is 39.9. The van der Waals surface area contributed by atoms with Gasteiger partial charge in [0.1, 0.15) is 11.9 Å². The number of imidazole rings is 1. The maximum absolute atomic E-state index is 12.8. The van der Waals surface area contributed by atoms with E-state index in [1.165, 1.54) is 0 Å². The van der Waals surface area contributed by atoms with Crippen molar-refractivity contribution in [3.05, 3.63) is 54.4 Å². The van der Waals surface area contributed by atoms with E-state index in [1.54, 1.807) is 30.5 Å². The number of fused-ring (bicyclic) bond motifs is 1. The van der Waals surface area contributed by atoms with Gasteiger partial charge in [0.2, 0.25) is 0 Å². The Bertz CT molecular complexity index is 1100. The number of cyclic esters (lactones) is 1. The normalized spacial score (nSPS) is 20.6. The Labute approximate surface area is 173 Å². The number of aromatic nitrogens is 4. The maximum Gasteiger partial charge on any atom is 0.312 e. The van der Waals surface area contributed by atoms with Crippen LogP contribution in [0.2, 0.25) is 0 Å². The molecule has 2 aromatic heterocycles. The van der Waals surface area contributed by atoms with Crippen molar-refractivity contribution in [2.75, 3.05) is 13.1 Å². The third-order valence-corrected chi connectivity index (χ3v) is 6.29. The molecule has 2 aliphatic heterocycles. The molecule has 0 aliphatic carbocycles. The maximum atomic E-state index is 12.8. The largest absolute Gasteiger partial charge is 0.460 e. The molecule has 4 heterocycles. The zero-order chi connectivity index (χ0) is 20.7. The van der Waals surface area contributed by atoms with E-state index in [9.17, 15) is 9.59 Å². The molecule has 3 aromatic rings. The number of piperidine rings is 1. The zero-order valence-corrected chi connectivity index (χ0v) is 16.8. The standard InChI is InChI=1S/C22H23N5O3/c1-15-23-11-16(12-24-15)20(28)26-8-6-22(7-9-26)10-17(30-21(22)29)13-27-14-25-18-4-2-3-5-19(18)27/h2-5,11-12,14,17H,6-10,13H2,1H3. The van der Waals surface area contributed by atoms with Crippen molar-refractivity contribution < 1.29 is 14.3 Å². The number of esters is 1. The number of likely N-dealkylation sites (tertiary alicyclic amines) is 1. The van der Waals surface area contributed by atoms with E-state index in [4.69, 9.17) is 4.74 Å². The smallest absolute Gasteiger partial charge is 0.312 e. The van der Waals surface area contributed by atoms with Crippen LogP contribution in [0, 0.1) is 12.3 Å². The number of hydrogen-bond acceptors (Lipinski definition) is 6. The first-order valence-corrected chi connectivity index (χ1v) is 10.2. The van der Waals surface area contributed by atoms with Gasteiger partial charge in [0.15, 0.2) is 0 Å². The second kappa shape index (κ2) is 7.19. The fourth-order valence-corrected chi connectivity index (χ4v) is 4.55. The monoisotopic (exact) mass is 405 g/mol. The molecule has 2 aliphatic rings. The van der Waals surface area contributed by atoms with Crippen LogP contribution in [0.5, 0.6) is 0 Å². The van der Waals surface area contributed by atoms with Crippen LogP contribution in [0.1, 0.15) is 35.4 Å². The molecule has 0 saturated carbocycles. The van der Waals surface area contributed by atoms with E-state index in [0.29, 0.717) is 50.3 Å². The lowest BCUT2D eigenvalue weighted by Gasteiger charge is -2.36. The Hall–Kier alpha value is -3.29. The lowest BCUT2D eigenvalue weighted by molar-refractivity contribution is -0.150. The zero-order valence-electron chi connectivity index (χ0n) is 16.8. The Morgan fingerprint density at radius 3 is 2.67 bits per heavy atom. The van der Waals surface area contributed by atoms with Crippen LogP contribution in [0.15, 0.2) is 43.0 Å². The molecule has 1 atom stereocenters. The number of nitrogens with zero attached hydrogens (tertiary/aromatic N) is 5. The van der Waals surface area contributed by atoms with Crippen LogP contribution >= 0.6 is 0 Å². The summed E-state index contributed by atoms with van der Waals surface area (Å²) in [5, 5.41) is 0. The van der Waals surface area contributed by atoms with Gasteiger partial charge in [-0.05, 0) is 31.9 Å². The van der Waals surface area contributed by atoms with Crippen molar-refractivity contribution in [2.45, 2.75) is 38.8 Å². The van der Waals surface area contributed by atoms with Gasteiger partial charge in [-0.25, -0.2) is 15.0 Å². The number of aryl methyl sites for hydroxylation is 1. The number of ether oxygens (including phenoxy) is 1. The molecule has 1 spiro atoms. The van der Waals surface area contributed by atoms with Crippen molar-refractivity contribution in [2.24, 2.45) is 5.41 Å². The molecule has 2 fully saturated rings. The lowest BCUT2D eigenvalue weighted by Crippen LogP contribution is -2.45. The first-order chi connectivity index (χ1) is 14.5. The summed E-state index contributed by atoms with van der Waals surface area (Å²) in [6, 6.07) is 7.93. The molecule has 1 aromatic carbocycles. The molecule has 154 valence electrons. The minimum Gasteiger partial charge on any atom is -0.460 e. The summed E-state index contributed by atoms with van der Waals surface area (Å²) in [6.45, 7) is 3.44. The molecular formula is C22H23N5O3. The molecule has 8 nitrogen and oxygen atoms in total.